The van der Waals surface area contributed by atoms with E-state index in [1.807, 2.05) is 6.20 Å². The molecule has 2 aliphatic rings. The molecule has 0 aromatic carbocycles. The van der Waals surface area contributed by atoms with E-state index in [0.29, 0.717) is 0 Å². The number of hydrogen-bond donors (Lipinski definition) is 0. The van der Waals surface area contributed by atoms with Crippen molar-refractivity contribution in [3.63, 3.8) is 0 Å². The largest absolute Gasteiger partial charge is 0.261 e. The van der Waals surface area contributed by atoms with Gasteiger partial charge in [0, 0.05) is 11.9 Å². The second-order valence-corrected chi connectivity index (χ2v) is 4.29. The van der Waals surface area contributed by atoms with E-state index >= 15 is 0 Å². The molecule has 1 nitrogen and oxygen atoms in total. The minimum absolute atomic E-state index is 0.732. The van der Waals surface area contributed by atoms with E-state index in [2.05, 4.69) is 17.1 Å². The molecule has 62 valence electrons. The predicted octanol–water partition coefficient (Wildman–Crippen LogP) is 2.35. The second-order valence-electron chi connectivity index (χ2n) is 4.29. The zero-order valence-electron chi connectivity index (χ0n) is 7.21. The van der Waals surface area contributed by atoms with Gasteiger partial charge in [0.25, 0.3) is 0 Å². The molecule has 0 radical (unpaired) electrons. The average Bonchev–Trinajstić information content (AvgIpc) is 2.85. The van der Waals surface area contributed by atoms with Crippen LogP contribution in [0.25, 0.3) is 0 Å². The molecule has 0 N–H and O–H groups in total. The average molecular weight is 159 g/mol. The van der Waals surface area contributed by atoms with Crippen LogP contribution < -0.4 is 0 Å². The Morgan fingerprint density at radius 1 is 1.25 bits per heavy atom. The molecule has 0 amide bonds. The van der Waals surface area contributed by atoms with Crippen molar-refractivity contribution in [1.29, 1.82) is 0 Å². The Hall–Kier alpha value is -0.850. The summed E-state index contributed by atoms with van der Waals surface area (Å²) in [4.78, 5) is 4.41. The van der Waals surface area contributed by atoms with E-state index in [4.69, 9.17) is 0 Å². The summed E-state index contributed by atoms with van der Waals surface area (Å²) in [6, 6.07) is 4.32. The van der Waals surface area contributed by atoms with Crippen molar-refractivity contribution in [2.45, 2.75) is 32.1 Å². The molecule has 1 heterocycles. The number of hydrogen-bond acceptors (Lipinski definition) is 1. The third kappa shape index (κ3) is 0.889. The van der Waals surface area contributed by atoms with E-state index < -0.39 is 0 Å². The van der Waals surface area contributed by atoms with Crippen LogP contribution in [0.2, 0.25) is 0 Å². The first kappa shape index (κ1) is 6.64. The minimum Gasteiger partial charge on any atom is -0.261 e. The Balaban J connectivity index is 2.01. The van der Waals surface area contributed by atoms with Gasteiger partial charge >= 0.3 is 0 Å². The van der Waals surface area contributed by atoms with Crippen LogP contribution in [0.1, 0.15) is 30.5 Å². The molecule has 1 aromatic rings. The van der Waals surface area contributed by atoms with Gasteiger partial charge in [-0.15, -0.1) is 0 Å². The SMILES string of the molecule is c1cnc2c(c1)CC1(CC2)CC1. The number of aromatic nitrogens is 1. The lowest BCUT2D eigenvalue weighted by Crippen LogP contribution is -2.15. The Morgan fingerprint density at radius 3 is 3.00 bits per heavy atom. The standard InChI is InChI=1S/C11H13N/c1-2-9-8-11(5-6-11)4-3-10(9)12-7-1/h1-2,7H,3-6,8H2. The first-order chi connectivity index (χ1) is 5.88. The Bertz CT molecular complexity index is 313. The van der Waals surface area contributed by atoms with Crippen LogP contribution in [0.4, 0.5) is 0 Å². The molecule has 0 bridgehead atoms. The maximum absolute atomic E-state index is 4.41. The third-order valence-electron chi connectivity index (χ3n) is 3.40. The molecule has 1 fully saturated rings. The second kappa shape index (κ2) is 2.09. The number of fused-ring (bicyclic) bond motifs is 1. The molecule has 3 rings (SSSR count). The predicted molar refractivity (Wildman–Crippen MR) is 47.9 cm³/mol. The molecule has 0 unspecified atom stereocenters. The van der Waals surface area contributed by atoms with Gasteiger partial charge in [-0.25, -0.2) is 0 Å². The summed E-state index contributed by atoms with van der Waals surface area (Å²) < 4.78 is 0. The van der Waals surface area contributed by atoms with Crippen molar-refractivity contribution in [2.24, 2.45) is 5.41 Å². The molecule has 2 aliphatic carbocycles. The van der Waals surface area contributed by atoms with E-state index in [9.17, 15) is 0 Å². The maximum Gasteiger partial charge on any atom is 0.0435 e. The van der Waals surface area contributed by atoms with Gasteiger partial charge in [-0.2, -0.15) is 0 Å². The quantitative estimate of drug-likeness (QED) is 0.566. The van der Waals surface area contributed by atoms with Gasteiger partial charge in [-0.1, -0.05) is 6.07 Å². The van der Waals surface area contributed by atoms with E-state index in [0.717, 1.165) is 5.41 Å². The normalized spacial score (nSPS) is 23.7. The summed E-state index contributed by atoms with van der Waals surface area (Å²) >= 11 is 0. The van der Waals surface area contributed by atoms with Crippen LogP contribution in [-0.2, 0) is 12.8 Å². The Morgan fingerprint density at radius 2 is 2.17 bits per heavy atom. The number of aryl methyl sites for hydroxylation is 1. The summed E-state index contributed by atoms with van der Waals surface area (Å²) in [5.74, 6) is 0. The molecule has 1 heteroatoms. The molecule has 0 saturated heterocycles. The Kier molecular flexibility index (Phi) is 1.16. The molecule has 1 spiro atoms. The fourth-order valence-electron chi connectivity index (χ4n) is 2.34. The Labute approximate surface area is 72.8 Å². The first-order valence-corrected chi connectivity index (χ1v) is 4.81. The van der Waals surface area contributed by atoms with Crippen LogP contribution in [0.5, 0.6) is 0 Å². The van der Waals surface area contributed by atoms with Gasteiger partial charge in [-0.05, 0) is 49.1 Å². The molecular formula is C11H13N. The lowest BCUT2D eigenvalue weighted by atomic mass is 9.84. The lowest BCUT2D eigenvalue weighted by Gasteiger charge is -2.22. The van der Waals surface area contributed by atoms with Crippen molar-refractivity contribution in [3.05, 3.63) is 29.6 Å². The summed E-state index contributed by atoms with van der Waals surface area (Å²) in [6.07, 6.45) is 8.75. The van der Waals surface area contributed by atoms with Crippen molar-refractivity contribution in [3.8, 4) is 0 Å². The number of rotatable bonds is 0. The lowest BCUT2D eigenvalue weighted by molar-refractivity contribution is 0.432. The number of nitrogens with zero attached hydrogens (tertiary/aromatic N) is 1. The molecule has 0 aliphatic heterocycles. The maximum atomic E-state index is 4.41. The van der Waals surface area contributed by atoms with Gasteiger partial charge in [0.15, 0.2) is 0 Å². The monoisotopic (exact) mass is 159 g/mol. The smallest absolute Gasteiger partial charge is 0.0435 e. The highest BCUT2D eigenvalue weighted by molar-refractivity contribution is 5.26. The topological polar surface area (TPSA) is 12.9 Å². The van der Waals surface area contributed by atoms with Crippen molar-refractivity contribution in [1.82, 2.24) is 4.98 Å². The molecule has 1 saturated carbocycles. The molecule has 0 atom stereocenters. The van der Waals surface area contributed by atoms with Crippen molar-refractivity contribution >= 4 is 0 Å². The van der Waals surface area contributed by atoms with Crippen molar-refractivity contribution < 1.29 is 0 Å². The van der Waals surface area contributed by atoms with E-state index in [-0.39, 0.29) is 0 Å². The fraction of sp³-hybridized carbons (Fsp3) is 0.545. The van der Waals surface area contributed by atoms with Gasteiger partial charge in [0.1, 0.15) is 0 Å². The highest BCUT2D eigenvalue weighted by Gasteiger charge is 2.44. The van der Waals surface area contributed by atoms with Crippen molar-refractivity contribution in [2.75, 3.05) is 0 Å². The molecule has 1 aromatic heterocycles. The minimum atomic E-state index is 0.732. The summed E-state index contributed by atoms with van der Waals surface area (Å²) in [7, 11) is 0. The van der Waals surface area contributed by atoms with Crippen LogP contribution >= 0.6 is 0 Å². The summed E-state index contributed by atoms with van der Waals surface area (Å²) in [6.45, 7) is 0. The fourth-order valence-corrected chi connectivity index (χ4v) is 2.34. The van der Waals surface area contributed by atoms with Crippen LogP contribution in [0.15, 0.2) is 18.3 Å². The van der Waals surface area contributed by atoms with Crippen LogP contribution in [0.3, 0.4) is 0 Å². The van der Waals surface area contributed by atoms with E-state index in [1.165, 1.54) is 43.4 Å². The zero-order valence-corrected chi connectivity index (χ0v) is 7.21. The van der Waals surface area contributed by atoms with Crippen LogP contribution in [-0.4, -0.2) is 4.98 Å². The van der Waals surface area contributed by atoms with Gasteiger partial charge < -0.3 is 0 Å². The molecular weight excluding hydrogens is 146 g/mol. The highest BCUT2D eigenvalue weighted by atomic mass is 14.7. The van der Waals surface area contributed by atoms with Gasteiger partial charge in [0.2, 0.25) is 0 Å². The first-order valence-electron chi connectivity index (χ1n) is 4.81. The van der Waals surface area contributed by atoms with Gasteiger partial charge in [-0.3, -0.25) is 4.98 Å². The number of pyridine rings is 1. The van der Waals surface area contributed by atoms with Gasteiger partial charge in [0.05, 0.1) is 0 Å². The van der Waals surface area contributed by atoms with E-state index in [1.54, 1.807) is 0 Å². The zero-order chi connectivity index (χ0) is 8.02. The highest BCUT2D eigenvalue weighted by Crippen LogP contribution is 2.54. The summed E-state index contributed by atoms with van der Waals surface area (Å²) in [5, 5.41) is 0. The molecule has 12 heavy (non-hydrogen) atoms. The summed E-state index contributed by atoms with van der Waals surface area (Å²) in [5.41, 5.74) is 3.60. The van der Waals surface area contributed by atoms with Crippen LogP contribution in [0, 0.1) is 5.41 Å². The third-order valence-corrected chi connectivity index (χ3v) is 3.40.